The van der Waals surface area contributed by atoms with Crippen LogP contribution in [0.5, 0.6) is 11.5 Å². The monoisotopic (exact) mass is 429 g/mol. The fourth-order valence-electron chi connectivity index (χ4n) is 3.13. The number of para-hydroxylation sites is 2. The number of hydrogen-bond donors (Lipinski definition) is 2. The Bertz CT molecular complexity index is 1030. The predicted molar refractivity (Wildman–Crippen MR) is 115 cm³/mol. The van der Waals surface area contributed by atoms with Crippen molar-refractivity contribution in [1.82, 2.24) is 15.3 Å². The Kier molecular flexibility index (Phi) is 7.23. The van der Waals surface area contributed by atoms with E-state index in [1.54, 1.807) is 25.1 Å². The van der Waals surface area contributed by atoms with Crippen LogP contribution in [0.3, 0.4) is 0 Å². The van der Waals surface area contributed by atoms with Crippen LogP contribution >= 0.6 is 0 Å². The quantitative estimate of drug-likeness (QED) is 0.465. The summed E-state index contributed by atoms with van der Waals surface area (Å²) in [6.07, 6.45) is 2.97. The Hall–Kier alpha value is -3.42. The zero-order valence-electron chi connectivity index (χ0n) is 17.6. The number of imidazole rings is 1. The Morgan fingerprint density at radius 2 is 1.97 bits per heavy atom. The van der Waals surface area contributed by atoms with Gasteiger partial charge in [-0.25, -0.2) is 4.98 Å². The van der Waals surface area contributed by atoms with Crippen molar-refractivity contribution in [2.45, 2.75) is 33.4 Å². The normalized spacial score (nSPS) is 12.6. The first-order valence-corrected chi connectivity index (χ1v) is 10.0. The maximum Gasteiger partial charge on any atom is 0.387 e. The highest BCUT2D eigenvalue weighted by atomic mass is 19.3. The number of nitrogens with one attached hydrogen (secondary N) is 2. The molecule has 8 heteroatoms. The van der Waals surface area contributed by atoms with E-state index in [9.17, 15) is 13.6 Å². The largest absolute Gasteiger partial charge is 0.490 e. The van der Waals surface area contributed by atoms with E-state index in [-0.39, 0.29) is 29.4 Å². The highest BCUT2D eigenvalue weighted by Gasteiger charge is 2.21. The van der Waals surface area contributed by atoms with E-state index in [2.05, 4.69) is 20.0 Å². The fourth-order valence-corrected chi connectivity index (χ4v) is 3.13. The third-order valence-corrected chi connectivity index (χ3v) is 4.58. The van der Waals surface area contributed by atoms with E-state index in [4.69, 9.17) is 4.74 Å². The second-order valence-electron chi connectivity index (χ2n) is 7.22. The highest BCUT2D eigenvalue weighted by Crippen LogP contribution is 2.30. The Balaban J connectivity index is 1.74. The summed E-state index contributed by atoms with van der Waals surface area (Å²) in [4.78, 5) is 20.4. The van der Waals surface area contributed by atoms with E-state index >= 15 is 0 Å². The molecule has 0 saturated heterocycles. The molecule has 0 aliphatic heterocycles. The van der Waals surface area contributed by atoms with Crippen molar-refractivity contribution in [2.75, 3.05) is 6.61 Å². The number of H-pyrrole nitrogens is 1. The Morgan fingerprint density at radius 1 is 1.19 bits per heavy atom. The summed E-state index contributed by atoms with van der Waals surface area (Å²) < 4.78 is 34.9. The average molecular weight is 429 g/mol. The molecular formula is C23H25F2N3O3. The summed E-state index contributed by atoms with van der Waals surface area (Å²) in [5.74, 6) is 0.624. The lowest BCUT2D eigenvalue weighted by Crippen LogP contribution is -2.31. The molecule has 2 N–H and O–H groups in total. The van der Waals surface area contributed by atoms with Gasteiger partial charge in [0.25, 0.3) is 0 Å². The smallest absolute Gasteiger partial charge is 0.387 e. The topological polar surface area (TPSA) is 76.2 Å². The first-order valence-electron chi connectivity index (χ1n) is 10.0. The molecule has 0 aliphatic carbocycles. The van der Waals surface area contributed by atoms with E-state index in [1.165, 1.54) is 12.1 Å². The van der Waals surface area contributed by atoms with Gasteiger partial charge in [0.1, 0.15) is 5.82 Å². The SMILES string of the molecule is CCOc1cc(/C=C/C(=O)NC(c2nc3ccccc3[nH]2)C(C)C)ccc1OC(F)F. The van der Waals surface area contributed by atoms with Gasteiger partial charge in [-0.1, -0.05) is 32.0 Å². The van der Waals surface area contributed by atoms with Crippen molar-refractivity contribution < 1.29 is 23.0 Å². The summed E-state index contributed by atoms with van der Waals surface area (Å²) in [7, 11) is 0. The number of carbonyl (C=O) groups excluding carboxylic acids is 1. The van der Waals surface area contributed by atoms with E-state index in [0.717, 1.165) is 11.0 Å². The predicted octanol–water partition coefficient (Wildman–Crippen LogP) is 5.09. The van der Waals surface area contributed by atoms with E-state index < -0.39 is 6.61 Å². The molecular weight excluding hydrogens is 404 g/mol. The van der Waals surface area contributed by atoms with Crippen molar-refractivity contribution in [2.24, 2.45) is 5.92 Å². The summed E-state index contributed by atoms with van der Waals surface area (Å²) >= 11 is 0. The number of nitrogens with zero attached hydrogens (tertiary/aromatic N) is 1. The molecule has 1 unspecified atom stereocenters. The number of carbonyl (C=O) groups is 1. The van der Waals surface area contributed by atoms with Gasteiger partial charge in [0.05, 0.1) is 23.7 Å². The molecule has 3 rings (SSSR count). The lowest BCUT2D eigenvalue weighted by atomic mass is 10.0. The fraction of sp³-hybridized carbons (Fsp3) is 0.304. The minimum Gasteiger partial charge on any atom is -0.490 e. The number of rotatable bonds is 9. The molecule has 31 heavy (non-hydrogen) atoms. The van der Waals surface area contributed by atoms with Crippen molar-refractivity contribution in [3.05, 3.63) is 59.9 Å². The summed E-state index contributed by atoms with van der Waals surface area (Å²) in [5, 5.41) is 2.97. The lowest BCUT2D eigenvalue weighted by Gasteiger charge is -2.19. The molecule has 0 fully saturated rings. The van der Waals surface area contributed by atoms with E-state index in [1.807, 2.05) is 38.1 Å². The van der Waals surface area contributed by atoms with Crippen LogP contribution < -0.4 is 14.8 Å². The second-order valence-corrected chi connectivity index (χ2v) is 7.22. The van der Waals surface area contributed by atoms with Gasteiger partial charge < -0.3 is 19.8 Å². The van der Waals surface area contributed by atoms with Crippen LogP contribution in [0.1, 0.15) is 38.2 Å². The van der Waals surface area contributed by atoms with Crippen LogP contribution in [0, 0.1) is 5.92 Å². The van der Waals surface area contributed by atoms with Crippen LogP contribution in [0.2, 0.25) is 0 Å². The Labute approximate surface area is 179 Å². The molecule has 0 saturated carbocycles. The average Bonchev–Trinajstić information content (AvgIpc) is 3.15. The number of benzene rings is 2. The van der Waals surface area contributed by atoms with Gasteiger partial charge in [0, 0.05) is 6.08 Å². The zero-order chi connectivity index (χ0) is 22.4. The molecule has 6 nitrogen and oxygen atoms in total. The van der Waals surface area contributed by atoms with Crippen LogP contribution in [0.4, 0.5) is 8.78 Å². The minimum atomic E-state index is -2.95. The number of aromatic nitrogens is 2. The maximum atomic E-state index is 12.5. The summed E-state index contributed by atoms with van der Waals surface area (Å²) in [6, 6.07) is 11.9. The number of fused-ring (bicyclic) bond motifs is 1. The van der Waals surface area contributed by atoms with Crippen molar-refractivity contribution >= 4 is 23.0 Å². The summed E-state index contributed by atoms with van der Waals surface area (Å²) in [5.41, 5.74) is 2.36. The highest BCUT2D eigenvalue weighted by molar-refractivity contribution is 5.92. The molecule has 0 bridgehead atoms. The maximum absolute atomic E-state index is 12.5. The molecule has 0 radical (unpaired) electrons. The third kappa shape index (κ3) is 5.81. The van der Waals surface area contributed by atoms with E-state index in [0.29, 0.717) is 18.0 Å². The lowest BCUT2D eigenvalue weighted by molar-refractivity contribution is -0.117. The minimum absolute atomic E-state index is 0.0526. The molecule has 2 aromatic carbocycles. The molecule has 0 spiro atoms. The zero-order valence-corrected chi connectivity index (χ0v) is 17.6. The van der Waals surface area contributed by atoms with Crippen molar-refractivity contribution in [1.29, 1.82) is 0 Å². The molecule has 164 valence electrons. The van der Waals surface area contributed by atoms with Crippen LogP contribution in [-0.2, 0) is 4.79 Å². The number of halogens is 2. The van der Waals surface area contributed by atoms with Gasteiger partial charge in [-0.2, -0.15) is 8.78 Å². The van der Waals surface area contributed by atoms with Gasteiger partial charge >= 0.3 is 6.61 Å². The number of alkyl halides is 2. The second kappa shape index (κ2) is 10.1. The molecule has 1 heterocycles. The first kappa shape index (κ1) is 22.3. The van der Waals surface area contributed by atoms with Gasteiger partial charge in [0.2, 0.25) is 5.91 Å². The number of hydrogen-bond acceptors (Lipinski definition) is 4. The van der Waals surface area contributed by atoms with Gasteiger partial charge in [0.15, 0.2) is 11.5 Å². The van der Waals surface area contributed by atoms with Crippen LogP contribution in [0.25, 0.3) is 17.1 Å². The molecule has 1 aromatic heterocycles. The third-order valence-electron chi connectivity index (χ3n) is 4.58. The molecule has 0 aliphatic rings. The Morgan fingerprint density at radius 3 is 2.65 bits per heavy atom. The first-order chi connectivity index (χ1) is 14.9. The molecule has 1 amide bonds. The molecule has 3 aromatic rings. The molecule has 1 atom stereocenters. The number of amides is 1. The van der Waals surface area contributed by atoms with Gasteiger partial charge in [-0.05, 0) is 48.7 Å². The van der Waals surface area contributed by atoms with Crippen molar-refractivity contribution in [3.8, 4) is 11.5 Å². The van der Waals surface area contributed by atoms with Gasteiger partial charge in [-0.3, -0.25) is 4.79 Å². The standard InChI is InChI=1S/C23H25F2N3O3/c1-4-30-19-13-15(9-11-18(19)31-23(24)25)10-12-20(29)28-21(14(2)3)22-26-16-7-5-6-8-17(16)27-22/h5-14,21,23H,4H2,1-3H3,(H,26,27)(H,28,29)/b12-10+. The van der Waals surface area contributed by atoms with Crippen molar-refractivity contribution in [3.63, 3.8) is 0 Å². The summed E-state index contributed by atoms with van der Waals surface area (Å²) in [6.45, 7) is 3.08. The number of aromatic amines is 1. The number of ether oxygens (including phenoxy) is 2. The van der Waals surface area contributed by atoms with Gasteiger partial charge in [-0.15, -0.1) is 0 Å². The van der Waals surface area contributed by atoms with Crippen LogP contribution in [-0.4, -0.2) is 29.1 Å². The van der Waals surface area contributed by atoms with Crippen LogP contribution in [0.15, 0.2) is 48.5 Å².